The number of carboxylic acids is 1. The van der Waals surface area contributed by atoms with Crippen LogP contribution in [0.2, 0.25) is 0 Å². The first kappa shape index (κ1) is 14.3. The number of carboxylic acid groups (broad SMARTS) is 1. The van der Waals surface area contributed by atoms with E-state index in [0.29, 0.717) is 25.4 Å². The lowest BCUT2D eigenvalue weighted by Crippen LogP contribution is -2.52. The van der Waals surface area contributed by atoms with Crippen molar-refractivity contribution in [2.24, 2.45) is 17.1 Å². The van der Waals surface area contributed by atoms with Gasteiger partial charge < -0.3 is 15.7 Å². The maximum absolute atomic E-state index is 12.8. The van der Waals surface area contributed by atoms with Gasteiger partial charge in [-0.3, -0.25) is 4.79 Å². The predicted molar refractivity (Wildman–Crippen MR) is 71.5 cm³/mol. The second kappa shape index (κ2) is 5.49. The molecule has 108 valence electrons. The summed E-state index contributed by atoms with van der Waals surface area (Å²) >= 11 is 0. The summed E-state index contributed by atoms with van der Waals surface area (Å²) in [4.78, 5) is 25.5. The molecular formula is C14H24N2O3. The number of nitrogens with zero attached hydrogens (tertiary/aromatic N) is 1. The van der Waals surface area contributed by atoms with Crippen LogP contribution in [0.4, 0.5) is 0 Å². The van der Waals surface area contributed by atoms with Crippen LogP contribution in [0.3, 0.4) is 0 Å². The molecule has 5 heteroatoms. The summed E-state index contributed by atoms with van der Waals surface area (Å²) < 4.78 is 0. The van der Waals surface area contributed by atoms with Crippen molar-refractivity contribution in [1.29, 1.82) is 0 Å². The van der Waals surface area contributed by atoms with Crippen molar-refractivity contribution in [3.05, 3.63) is 0 Å². The van der Waals surface area contributed by atoms with Crippen molar-refractivity contribution in [3.8, 4) is 0 Å². The van der Waals surface area contributed by atoms with Gasteiger partial charge in [-0.2, -0.15) is 0 Å². The first-order valence-corrected chi connectivity index (χ1v) is 7.24. The van der Waals surface area contributed by atoms with Crippen LogP contribution in [0.15, 0.2) is 0 Å². The van der Waals surface area contributed by atoms with Gasteiger partial charge in [0, 0.05) is 13.1 Å². The van der Waals surface area contributed by atoms with Crippen molar-refractivity contribution in [2.45, 2.75) is 51.5 Å². The Hall–Kier alpha value is -1.10. The average molecular weight is 268 g/mol. The van der Waals surface area contributed by atoms with E-state index >= 15 is 0 Å². The van der Waals surface area contributed by atoms with Gasteiger partial charge in [0.05, 0.1) is 5.41 Å². The van der Waals surface area contributed by atoms with Crippen LogP contribution < -0.4 is 5.73 Å². The Morgan fingerprint density at radius 2 is 1.95 bits per heavy atom. The van der Waals surface area contributed by atoms with Gasteiger partial charge in [-0.15, -0.1) is 0 Å². The van der Waals surface area contributed by atoms with Crippen LogP contribution in [0.25, 0.3) is 0 Å². The molecule has 3 N–H and O–H groups in total. The number of rotatable bonds is 3. The molecular weight excluding hydrogens is 244 g/mol. The third-order valence-corrected chi connectivity index (χ3v) is 4.87. The monoisotopic (exact) mass is 268 g/mol. The van der Waals surface area contributed by atoms with E-state index in [-0.39, 0.29) is 5.91 Å². The number of likely N-dealkylation sites (tertiary alicyclic amines) is 1. The third kappa shape index (κ3) is 2.61. The van der Waals surface area contributed by atoms with E-state index in [1.165, 1.54) is 0 Å². The smallest absolute Gasteiger partial charge is 0.326 e. The molecule has 5 nitrogen and oxygen atoms in total. The summed E-state index contributed by atoms with van der Waals surface area (Å²) in [5, 5.41) is 9.20. The molecule has 1 unspecified atom stereocenters. The van der Waals surface area contributed by atoms with E-state index in [2.05, 4.69) is 6.92 Å². The highest BCUT2D eigenvalue weighted by Gasteiger charge is 2.46. The van der Waals surface area contributed by atoms with E-state index in [4.69, 9.17) is 5.73 Å². The molecule has 1 aliphatic heterocycles. The highest BCUT2D eigenvalue weighted by atomic mass is 16.4. The molecule has 0 bridgehead atoms. The Labute approximate surface area is 114 Å². The Balaban J connectivity index is 2.14. The normalized spacial score (nSPS) is 35.4. The zero-order chi connectivity index (χ0) is 14.0. The zero-order valence-corrected chi connectivity index (χ0v) is 11.6. The maximum Gasteiger partial charge on any atom is 0.326 e. The number of amides is 1. The fraction of sp³-hybridized carbons (Fsp3) is 0.857. The molecule has 1 amide bonds. The van der Waals surface area contributed by atoms with Gasteiger partial charge in [0.25, 0.3) is 0 Å². The first-order valence-electron chi connectivity index (χ1n) is 7.24. The lowest BCUT2D eigenvalue weighted by atomic mass is 9.70. The Morgan fingerprint density at radius 3 is 2.47 bits per heavy atom. The van der Waals surface area contributed by atoms with Gasteiger partial charge >= 0.3 is 5.97 Å². The highest BCUT2D eigenvalue weighted by molar-refractivity contribution is 5.88. The molecule has 2 rings (SSSR count). The summed E-state index contributed by atoms with van der Waals surface area (Å²) in [6.45, 7) is 3.09. The molecule has 0 aromatic heterocycles. The third-order valence-electron chi connectivity index (χ3n) is 4.87. The molecule has 0 aromatic carbocycles. The SMILES string of the molecule is CC1CCC(CN)(C(=O)N2CCCC2C(=O)O)CC1. The number of nitrogens with two attached hydrogens (primary N) is 1. The van der Waals surface area contributed by atoms with E-state index in [0.717, 1.165) is 32.1 Å². The number of carbonyl (C=O) groups excluding carboxylic acids is 1. The quantitative estimate of drug-likeness (QED) is 0.806. The van der Waals surface area contributed by atoms with Crippen LogP contribution in [0, 0.1) is 11.3 Å². The minimum absolute atomic E-state index is 0.0215. The van der Waals surface area contributed by atoms with E-state index in [9.17, 15) is 14.7 Å². The Bertz CT molecular complexity index is 362. The highest BCUT2D eigenvalue weighted by Crippen LogP contribution is 2.40. The second-order valence-corrected chi connectivity index (χ2v) is 6.16. The van der Waals surface area contributed by atoms with Gasteiger partial charge in [0.1, 0.15) is 6.04 Å². The molecule has 1 saturated heterocycles. The fourth-order valence-corrected chi connectivity index (χ4v) is 3.39. The maximum atomic E-state index is 12.8. The van der Waals surface area contributed by atoms with E-state index in [1.54, 1.807) is 4.90 Å². The molecule has 0 radical (unpaired) electrons. The van der Waals surface area contributed by atoms with Crippen LogP contribution in [0.5, 0.6) is 0 Å². The lowest BCUT2D eigenvalue weighted by Gasteiger charge is -2.40. The summed E-state index contributed by atoms with van der Waals surface area (Å²) in [6, 6.07) is -0.643. The van der Waals surface area contributed by atoms with Gasteiger partial charge in [-0.25, -0.2) is 4.79 Å². The Morgan fingerprint density at radius 1 is 1.32 bits per heavy atom. The lowest BCUT2D eigenvalue weighted by molar-refractivity contribution is -0.154. The first-order chi connectivity index (χ1) is 9.00. The van der Waals surface area contributed by atoms with Crippen LogP contribution in [-0.4, -0.2) is 41.0 Å². The molecule has 0 aromatic rings. The summed E-state index contributed by atoms with van der Waals surface area (Å²) in [5.41, 5.74) is 5.37. The summed E-state index contributed by atoms with van der Waals surface area (Å²) in [5.74, 6) is -0.268. The van der Waals surface area contributed by atoms with Crippen molar-refractivity contribution in [1.82, 2.24) is 4.90 Å². The van der Waals surface area contributed by atoms with Crippen LogP contribution >= 0.6 is 0 Å². The minimum atomic E-state index is -0.887. The summed E-state index contributed by atoms with van der Waals surface area (Å²) in [7, 11) is 0. The molecule has 0 spiro atoms. The molecule has 1 heterocycles. The number of carbonyl (C=O) groups is 2. The topological polar surface area (TPSA) is 83.6 Å². The second-order valence-electron chi connectivity index (χ2n) is 6.16. The van der Waals surface area contributed by atoms with Crippen molar-refractivity contribution in [2.75, 3.05) is 13.1 Å². The molecule has 2 aliphatic rings. The number of hydrogen-bond acceptors (Lipinski definition) is 3. The fourth-order valence-electron chi connectivity index (χ4n) is 3.39. The number of hydrogen-bond donors (Lipinski definition) is 2. The molecule has 1 aliphatic carbocycles. The standard InChI is InChI=1S/C14H24N2O3/c1-10-4-6-14(9-15,7-5-10)13(19)16-8-2-3-11(16)12(17)18/h10-11H,2-9,15H2,1H3,(H,17,18). The van der Waals surface area contributed by atoms with Gasteiger partial charge in [-0.1, -0.05) is 6.92 Å². The number of aliphatic carboxylic acids is 1. The van der Waals surface area contributed by atoms with Gasteiger partial charge in [0.2, 0.25) is 5.91 Å². The summed E-state index contributed by atoms with van der Waals surface area (Å²) in [6.07, 6.45) is 4.96. The van der Waals surface area contributed by atoms with Crippen molar-refractivity contribution < 1.29 is 14.7 Å². The van der Waals surface area contributed by atoms with Crippen molar-refractivity contribution in [3.63, 3.8) is 0 Å². The largest absolute Gasteiger partial charge is 0.480 e. The predicted octanol–water partition coefficient (Wildman–Crippen LogP) is 1.22. The van der Waals surface area contributed by atoms with Crippen LogP contribution in [-0.2, 0) is 9.59 Å². The van der Waals surface area contributed by atoms with Crippen molar-refractivity contribution >= 4 is 11.9 Å². The minimum Gasteiger partial charge on any atom is -0.480 e. The molecule has 19 heavy (non-hydrogen) atoms. The molecule has 1 atom stereocenters. The molecule has 2 fully saturated rings. The van der Waals surface area contributed by atoms with Gasteiger partial charge in [-0.05, 0) is 44.4 Å². The average Bonchev–Trinajstić information content (AvgIpc) is 2.88. The van der Waals surface area contributed by atoms with Crippen LogP contribution in [0.1, 0.15) is 45.4 Å². The Kier molecular flexibility index (Phi) is 4.13. The van der Waals surface area contributed by atoms with E-state index < -0.39 is 17.4 Å². The zero-order valence-electron chi connectivity index (χ0n) is 11.6. The molecule has 1 saturated carbocycles. The van der Waals surface area contributed by atoms with Gasteiger partial charge in [0.15, 0.2) is 0 Å². The van der Waals surface area contributed by atoms with E-state index in [1.807, 2.05) is 0 Å².